The first-order valence-electron chi connectivity index (χ1n) is 4.30. The fraction of sp³-hybridized carbons (Fsp3) is 0.333. The molecule has 0 bridgehead atoms. The maximum absolute atomic E-state index is 6.02. The van der Waals surface area contributed by atoms with E-state index in [1.54, 1.807) is 7.11 Å². The maximum Gasteiger partial charge on any atom is 0.161 e. The molecule has 0 fully saturated rings. The molecule has 74 valence electrons. The third-order valence-corrected chi connectivity index (χ3v) is 2.27. The summed E-state index contributed by atoms with van der Waals surface area (Å²) in [6, 6.07) is 5.54. The minimum absolute atomic E-state index is 0.617. The van der Waals surface area contributed by atoms with Crippen molar-refractivity contribution in [2.24, 2.45) is 0 Å². The van der Waals surface area contributed by atoms with Crippen LogP contribution in [0.4, 0.5) is 0 Å². The number of methoxy groups -OCH3 is 1. The van der Waals surface area contributed by atoms with Crippen LogP contribution in [0.2, 0.25) is 5.15 Å². The van der Waals surface area contributed by atoms with Gasteiger partial charge in [0.2, 0.25) is 0 Å². The minimum atomic E-state index is 0.617. The lowest BCUT2D eigenvalue weighted by Gasteiger charge is -2.00. The van der Waals surface area contributed by atoms with Crippen molar-refractivity contribution in [3.8, 4) is 0 Å². The first-order valence-corrected chi connectivity index (χ1v) is 4.68. The molecule has 5 heteroatoms. The van der Waals surface area contributed by atoms with Gasteiger partial charge in [-0.1, -0.05) is 17.7 Å². The van der Waals surface area contributed by atoms with E-state index in [4.69, 9.17) is 16.3 Å². The Kier molecular flexibility index (Phi) is 2.65. The van der Waals surface area contributed by atoms with Gasteiger partial charge in [-0.05, 0) is 12.1 Å². The minimum Gasteiger partial charge on any atom is -0.384 e. The summed E-state index contributed by atoms with van der Waals surface area (Å²) in [7, 11) is 1.66. The summed E-state index contributed by atoms with van der Waals surface area (Å²) in [6.07, 6.45) is 0.710. The summed E-state index contributed by atoms with van der Waals surface area (Å²) in [5.74, 6) is 0.826. The molecule has 0 saturated heterocycles. The fourth-order valence-corrected chi connectivity index (χ4v) is 1.57. The van der Waals surface area contributed by atoms with Crippen LogP contribution in [0, 0.1) is 0 Å². The van der Waals surface area contributed by atoms with Crippen molar-refractivity contribution in [1.82, 2.24) is 14.6 Å². The Morgan fingerprint density at radius 3 is 3.07 bits per heavy atom. The van der Waals surface area contributed by atoms with E-state index >= 15 is 0 Å². The van der Waals surface area contributed by atoms with E-state index in [1.807, 2.05) is 22.6 Å². The highest BCUT2D eigenvalue weighted by molar-refractivity contribution is 6.29. The molecule has 0 spiro atoms. The van der Waals surface area contributed by atoms with Crippen LogP contribution >= 0.6 is 11.6 Å². The second-order valence-corrected chi connectivity index (χ2v) is 3.29. The molecule has 0 aromatic carbocycles. The van der Waals surface area contributed by atoms with E-state index in [-0.39, 0.29) is 0 Å². The summed E-state index contributed by atoms with van der Waals surface area (Å²) < 4.78 is 6.80. The molecule has 0 saturated carbocycles. The third kappa shape index (κ3) is 1.58. The number of nitrogens with zero attached hydrogens (tertiary/aromatic N) is 3. The summed E-state index contributed by atoms with van der Waals surface area (Å²) >= 11 is 6.02. The Morgan fingerprint density at radius 2 is 2.29 bits per heavy atom. The van der Waals surface area contributed by atoms with Crippen molar-refractivity contribution >= 4 is 17.2 Å². The number of hydrogen-bond donors (Lipinski definition) is 0. The van der Waals surface area contributed by atoms with Crippen molar-refractivity contribution < 1.29 is 4.74 Å². The van der Waals surface area contributed by atoms with Crippen LogP contribution in [0.25, 0.3) is 5.65 Å². The fourth-order valence-electron chi connectivity index (χ4n) is 1.31. The van der Waals surface area contributed by atoms with Crippen LogP contribution in [0.5, 0.6) is 0 Å². The zero-order valence-corrected chi connectivity index (χ0v) is 8.53. The number of pyridine rings is 1. The molecule has 0 aliphatic rings. The lowest BCUT2D eigenvalue weighted by Crippen LogP contribution is -2.00. The zero-order valence-electron chi connectivity index (χ0n) is 7.77. The van der Waals surface area contributed by atoms with E-state index < -0.39 is 0 Å². The zero-order chi connectivity index (χ0) is 9.97. The molecular formula is C9H10ClN3O. The average Bonchev–Trinajstić information content (AvgIpc) is 2.59. The molecule has 0 radical (unpaired) electrons. The lowest BCUT2D eigenvalue weighted by atomic mass is 10.4. The topological polar surface area (TPSA) is 39.4 Å². The molecule has 2 aromatic rings. The molecule has 14 heavy (non-hydrogen) atoms. The van der Waals surface area contributed by atoms with Crippen LogP contribution < -0.4 is 0 Å². The molecule has 0 aliphatic carbocycles. The van der Waals surface area contributed by atoms with Gasteiger partial charge in [0, 0.05) is 13.5 Å². The normalized spacial score (nSPS) is 11.0. The van der Waals surface area contributed by atoms with Gasteiger partial charge in [-0.25, -0.2) is 0 Å². The van der Waals surface area contributed by atoms with Gasteiger partial charge in [0.25, 0.3) is 0 Å². The predicted molar refractivity (Wildman–Crippen MR) is 53.6 cm³/mol. The van der Waals surface area contributed by atoms with Gasteiger partial charge >= 0.3 is 0 Å². The molecule has 0 N–H and O–H groups in total. The highest BCUT2D eigenvalue weighted by Crippen LogP contribution is 2.13. The molecule has 2 rings (SSSR count). The molecule has 2 aromatic heterocycles. The van der Waals surface area contributed by atoms with E-state index in [0.29, 0.717) is 18.2 Å². The largest absolute Gasteiger partial charge is 0.384 e. The third-order valence-electron chi connectivity index (χ3n) is 1.98. The second kappa shape index (κ2) is 3.94. The molecule has 0 aliphatic heterocycles. The summed E-state index contributed by atoms with van der Waals surface area (Å²) in [5.41, 5.74) is 0.767. The monoisotopic (exact) mass is 211 g/mol. The van der Waals surface area contributed by atoms with Crippen molar-refractivity contribution in [3.05, 3.63) is 29.2 Å². The van der Waals surface area contributed by atoms with Crippen molar-refractivity contribution in [2.45, 2.75) is 6.42 Å². The second-order valence-electron chi connectivity index (χ2n) is 2.90. The Morgan fingerprint density at radius 1 is 1.43 bits per heavy atom. The van der Waals surface area contributed by atoms with Gasteiger partial charge in [-0.3, -0.25) is 4.40 Å². The SMILES string of the molecule is COCCc1nnc2cccc(Cl)n12. The number of ether oxygens (including phenoxy) is 1. The van der Waals surface area contributed by atoms with Gasteiger partial charge in [0.15, 0.2) is 5.65 Å². The highest BCUT2D eigenvalue weighted by atomic mass is 35.5. The van der Waals surface area contributed by atoms with Gasteiger partial charge < -0.3 is 4.74 Å². The van der Waals surface area contributed by atoms with Crippen LogP contribution in [-0.2, 0) is 11.2 Å². The number of rotatable bonds is 3. The number of hydrogen-bond acceptors (Lipinski definition) is 3. The summed E-state index contributed by atoms with van der Waals surface area (Å²) in [4.78, 5) is 0. The standard InChI is InChI=1S/C9H10ClN3O/c1-14-6-5-9-12-11-8-4-2-3-7(10)13(8)9/h2-4H,5-6H2,1H3. The quantitative estimate of drug-likeness (QED) is 0.724. The Bertz CT molecular complexity index is 441. The maximum atomic E-state index is 6.02. The molecular weight excluding hydrogens is 202 g/mol. The van der Waals surface area contributed by atoms with E-state index in [9.17, 15) is 0 Å². The average molecular weight is 212 g/mol. The summed E-state index contributed by atoms with van der Waals surface area (Å²) in [6.45, 7) is 0.617. The number of halogens is 1. The van der Waals surface area contributed by atoms with E-state index in [1.165, 1.54) is 0 Å². The molecule has 0 unspecified atom stereocenters. The molecule has 0 atom stereocenters. The molecule has 4 nitrogen and oxygen atoms in total. The van der Waals surface area contributed by atoms with Crippen LogP contribution in [0.3, 0.4) is 0 Å². The lowest BCUT2D eigenvalue weighted by molar-refractivity contribution is 0.200. The smallest absolute Gasteiger partial charge is 0.161 e. The van der Waals surface area contributed by atoms with Crippen LogP contribution in [-0.4, -0.2) is 28.3 Å². The Labute approximate surface area is 86.5 Å². The van der Waals surface area contributed by atoms with Crippen LogP contribution in [0.15, 0.2) is 18.2 Å². The van der Waals surface area contributed by atoms with Crippen molar-refractivity contribution in [1.29, 1.82) is 0 Å². The van der Waals surface area contributed by atoms with Gasteiger partial charge in [0.1, 0.15) is 11.0 Å². The van der Waals surface area contributed by atoms with Crippen molar-refractivity contribution in [2.75, 3.05) is 13.7 Å². The predicted octanol–water partition coefficient (Wildman–Crippen LogP) is 1.57. The highest BCUT2D eigenvalue weighted by Gasteiger charge is 2.06. The molecule has 2 heterocycles. The first-order chi connectivity index (χ1) is 6.83. The van der Waals surface area contributed by atoms with E-state index in [2.05, 4.69) is 10.2 Å². The first kappa shape index (κ1) is 9.43. The van der Waals surface area contributed by atoms with Gasteiger partial charge in [-0.15, -0.1) is 10.2 Å². The Hall–Kier alpha value is -1.13. The van der Waals surface area contributed by atoms with Crippen molar-refractivity contribution in [3.63, 3.8) is 0 Å². The van der Waals surface area contributed by atoms with E-state index in [0.717, 1.165) is 11.5 Å². The summed E-state index contributed by atoms with van der Waals surface area (Å²) in [5, 5.41) is 8.67. The number of aromatic nitrogens is 3. The van der Waals surface area contributed by atoms with Crippen LogP contribution in [0.1, 0.15) is 5.82 Å². The van der Waals surface area contributed by atoms with Gasteiger partial charge in [-0.2, -0.15) is 0 Å². The number of fused-ring (bicyclic) bond motifs is 1. The van der Waals surface area contributed by atoms with Gasteiger partial charge in [0.05, 0.1) is 6.61 Å². The molecule has 0 amide bonds. The Balaban J connectivity index is 2.45.